The van der Waals surface area contributed by atoms with Gasteiger partial charge in [0.2, 0.25) is 21.8 Å². The molecule has 0 saturated carbocycles. The minimum absolute atomic E-state index is 0.0530. The first kappa shape index (κ1) is 15.1. The first-order chi connectivity index (χ1) is 9.29. The van der Waals surface area contributed by atoms with E-state index in [1.165, 1.54) is 0 Å². The van der Waals surface area contributed by atoms with Crippen LogP contribution in [0, 0.1) is 5.82 Å². The van der Waals surface area contributed by atoms with Crippen molar-refractivity contribution in [1.82, 2.24) is 10.0 Å². The van der Waals surface area contributed by atoms with Gasteiger partial charge in [-0.15, -0.1) is 0 Å². The van der Waals surface area contributed by atoms with Crippen molar-refractivity contribution in [2.45, 2.75) is 23.8 Å². The zero-order valence-electron chi connectivity index (χ0n) is 10.0. The third kappa shape index (κ3) is 3.22. The summed E-state index contributed by atoms with van der Waals surface area (Å²) in [5.74, 6) is -1.71. The number of rotatable bonds is 3. The topological polar surface area (TPSA) is 92.3 Å². The van der Waals surface area contributed by atoms with Gasteiger partial charge in [-0.2, -0.15) is 4.72 Å². The van der Waals surface area contributed by atoms with E-state index in [4.69, 9.17) is 0 Å². The van der Waals surface area contributed by atoms with Crippen molar-refractivity contribution >= 4 is 37.8 Å². The lowest BCUT2D eigenvalue weighted by Crippen LogP contribution is -2.52. The molecule has 0 bridgehead atoms. The van der Waals surface area contributed by atoms with Gasteiger partial charge < -0.3 is 0 Å². The molecule has 1 aromatic carbocycles. The predicted octanol–water partition coefficient (Wildman–Crippen LogP) is 0.672. The molecule has 20 heavy (non-hydrogen) atoms. The SMILES string of the molecule is O=C1CCC(NS(=O)(=O)c2ccc(F)cc2Br)C(=O)N1. The van der Waals surface area contributed by atoms with Gasteiger partial charge in [-0.1, -0.05) is 0 Å². The van der Waals surface area contributed by atoms with E-state index < -0.39 is 33.7 Å². The first-order valence-electron chi connectivity index (χ1n) is 5.60. The molecule has 0 aromatic heterocycles. The molecule has 9 heteroatoms. The van der Waals surface area contributed by atoms with E-state index in [0.717, 1.165) is 18.2 Å². The Bertz CT molecular complexity index is 677. The molecule has 108 valence electrons. The van der Waals surface area contributed by atoms with Crippen LogP contribution in [0.1, 0.15) is 12.8 Å². The van der Waals surface area contributed by atoms with Gasteiger partial charge in [-0.3, -0.25) is 14.9 Å². The maximum absolute atomic E-state index is 13.0. The molecule has 1 fully saturated rings. The Morgan fingerprint density at radius 2 is 2.05 bits per heavy atom. The summed E-state index contributed by atoms with van der Waals surface area (Å²) in [7, 11) is -3.99. The van der Waals surface area contributed by atoms with Crippen LogP contribution in [0.3, 0.4) is 0 Å². The number of sulfonamides is 1. The molecule has 2 N–H and O–H groups in total. The summed E-state index contributed by atoms with van der Waals surface area (Å²) >= 11 is 2.96. The van der Waals surface area contributed by atoms with Crippen LogP contribution in [0.5, 0.6) is 0 Å². The fourth-order valence-electron chi connectivity index (χ4n) is 1.75. The van der Waals surface area contributed by atoms with Gasteiger partial charge in [0.25, 0.3) is 0 Å². The second-order valence-electron chi connectivity index (χ2n) is 4.20. The Balaban J connectivity index is 2.23. The minimum Gasteiger partial charge on any atom is -0.295 e. The average molecular weight is 365 g/mol. The van der Waals surface area contributed by atoms with Crippen LogP contribution in [-0.4, -0.2) is 26.3 Å². The number of piperidine rings is 1. The number of hydrogen-bond donors (Lipinski definition) is 2. The van der Waals surface area contributed by atoms with Gasteiger partial charge in [-0.25, -0.2) is 12.8 Å². The molecular formula is C11H10BrFN2O4S. The van der Waals surface area contributed by atoms with Crippen molar-refractivity contribution in [3.8, 4) is 0 Å². The Labute approximate surface area is 122 Å². The average Bonchev–Trinajstić information content (AvgIpc) is 2.32. The molecule has 2 amide bonds. The molecule has 2 rings (SSSR count). The van der Waals surface area contributed by atoms with E-state index in [1.807, 2.05) is 0 Å². The fraction of sp³-hybridized carbons (Fsp3) is 0.273. The Kier molecular flexibility index (Phi) is 4.21. The number of imide groups is 1. The summed E-state index contributed by atoms with van der Waals surface area (Å²) in [6.07, 6.45) is 0.145. The largest absolute Gasteiger partial charge is 0.295 e. The lowest BCUT2D eigenvalue weighted by molar-refractivity contribution is -0.134. The summed E-state index contributed by atoms with van der Waals surface area (Å²) in [6, 6.07) is 2.09. The second kappa shape index (κ2) is 5.58. The molecule has 1 saturated heterocycles. The van der Waals surface area contributed by atoms with Crippen LogP contribution < -0.4 is 10.0 Å². The molecule has 0 radical (unpaired) electrons. The quantitative estimate of drug-likeness (QED) is 0.771. The van der Waals surface area contributed by atoms with Gasteiger partial charge >= 0.3 is 0 Å². The zero-order valence-corrected chi connectivity index (χ0v) is 12.4. The van der Waals surface area contributed by atoms with Crippen LogP contribution in [0.15, 0.2) is 27.6 Å². The van der Waals surface area contributed by atoms with Crippen LogP contribution in [0.25, 0.3) is 0 Å². The van der Waals surface area contributed by atoms with Crippen LogP contribution in [-0.2, 0) is 19.6 Å². The normalized spacial score (nSPS) is 19.8. The summed E-state index contributed by atoms with van der Waals surface area (Å²) in [6.45, 7) is 0. The molecule has 0 spiro atoms. The molecule has 6 nitrogen and oxygen atoms in total. The van der Waals surface area contributed by atoms with E-state index in [9.17, 15) is 22.4 Å². The standard InChI is InChI=1S/C11H10BrFN2O4S/c12-7-5-6(13)1-3-9(7)20(18,19)15-8-2-4-10(16)14-11(8)17/h1,3,5,8,15H,2,4H2,(H,14,16,17). The lowest BCUT2D eigenvalue weighted by atomic mass is 10.1. The third-order valence-electron chi connectivity index (χ3n) is 2.72. The molecule has 1 unspecified atom stereocenters. The van der Waals surface area contributed by atoms with Crippen LogP contribution >= 0.6 is 15.9 Å². The summed E-state index contributed by atoms with van der Waals surface area (Å²) in [5.41, 5.74) is 0. The summed E-state index contributed by atoms with van der Waals surface area (Å²) in [4.78, 5) is 22.3. The monoisotopic (exact) mass is 364 g/mol. The minimum atomic E-state index is -3.99. The van der Waals surface area contributed by atoms with E-state index in [2.05, 4.69) is 26.0 Å². The van der Waals surface area contributed by atoms with Crippen molar-refractivity contribution in [1.29, 1.82) is 0 Å². The Morgan fingerprint density at radius 1 is 1.35 bits per heavy atom. The fourth-order valence-corrected chi connectivity index (χ4v) is 4.03. The maximum Gasteiger partial charge on any atom is 0.244 e. The summed E-state index contributed by atoms with van der Waals surface area (Å²) < 4.78 is 39.5. The smallest absolute Gasteiger partial charge is 0.244 e. The summed E-state index contributed by atoms with van der Waals surface area (Å²) in [5, 5.41) is 2.05. The predicted molar refractivity (Wildman–Crippen MR) is 70.6 cm³/mol. The highest BCUT2D eigenvalue weighted by Crippen LogP contribution is 2.23. The van der Waals surface area contributed by atoms with Gasteiger partial charge in [0.1, 0.15) is 11.9 Å². The number of carbonyl (C=O) groups excluding carboxylic acids is 2. The van der Waals surface area contributed by atoms with Gasteiger partial charge in [0.05, 0.1) is 4.90 Å². The Morgan fingerprint density at radius 3 is 2.65 bits per heavy atom. The number of halogens is 2. The van der Waals surface area contributed by atoms with Crippen LogP contribution in [0.2, 0.25) is 0 Å². The molecule has 1 atom stereocenters. The molecule has 1 aliphatic rings. The first-order valence-corrected chi connectivity index (χ1v) is 7.88. The highest BCUT2D eigenvalue weighted by molar-refractivity contribution is 9.10. The van der Waals surface area contributed by atoms with Crippen molar-refractivity contribution in [2.75, 3.05) is 0 Å². The number of benzene rings is 1. The Hall–Kier alpha value is -1.32. The molecule has 0 aliphatic carbocycles. The van der Waals surface area contributed by atoms with Gasteiger partial charge in [0.15, 0.2) is 0 Å². The molecule has 1 heterocycles. The van der Waals surface area contributed by atoms with Crippen molar-refractivity contribution in [3.05, 3.63) is 28.5 Å². The van der Waals surface area contributed by atoms with E-state index >= 15 is 0 Å². The lowest BCUT2D eigenvalue weighted by Gasteiger charge is -2.21. The maximum atomic E-state index is 13.0. The van der Waals surface area contributed by atoms with Gasteiger partial charge in [0, 0.05) is 10.9 Å². The zero-order chi connectivity index (χ0) is 14.9. The number of nitrogens with one attached hydrogen (secondary N) is 2. The van der Waals surface area contributed by atoms with E-state index in [1.54, 1.807) is 0 Å². The van der Waals surface area contributed by atoms with Gasteiger partial charge in [-0.05, 0) is 40.5 Å². The molecule has 1 aliphatic heterocycles. The van der Waals surface area contributed by atoms with E-state index in [0.29, 0.717) is 0 Å². The third-order valence-corrected chi connectivity index (χ3v) is 5.17. The number of carbonyl (C=O) groups is 2. The highest BCUT2D eigenvalue weighted by atomic mass is 79.9. The molecule has 1 aromatic rings. The van der Waals surface area contributed by atoms with Crippen molar-refractivity contribution < 1.29 is 22.4 Å². The highest BCUT2D eigenvalue weighted by Gasteiger charge is 2.31. The molecular weight excluding hydrogens is 355 g/mol. The number of amides is 2. The van der Waals surface area contributed by atoms with Crippen LogP contribution in [0.4, 0.5) is 4.39 Å². The van der Waals surface area contributed by atoms with E-state index in [-0.39, 0.29) is 22.2 Å². The van der Waals surface area contributed by atoms with Crippen molar-refractivity contribution in [3.63, 3.8) is 0 Å². The second-order valence-corrected chi connectivity index (χ2v) is 6.74. The van der Waals surface area contributed by atoms with Crippen molar-refractivity contribution in [2.24, 2.45) is 0 Å². The number of hydrogen-bond acceptors (Lipinski definition) is 4.